The molecule has 2 aromatic carbocycles. The number of ether oxygens (including phenoxy) is 1. The number of hydrogen-bond donors (Lipinski definition) is 2. The maximum Gasteiger partial charge on any atom is 0.268 e. The molecule has 4 rings (SSSR count). The molecule has 6 nitrogen and oxygen atoms in total. The van der Waals surface area contributed by atoms with Crippen LogP contribution >= 0.6 is 0 Å². The van der Waals surface area contributed by atoms with Crippen LogP contribution in [0.2, 0.25) is 0 Å². The zero-order chi connectivity index (χ0) is 18.4. The molecular formula is C20H18N2O4. The highest BCUT2D eigenvalue weighted by atomic mass is 16.5. The van der Waals surface area contributed by atoms with Crippen molar-refractivity contribution < 1.29 is 14.6 Å². The maximum absolute atomic E-state index is 13.0. The second-order valence-electron chi connectivity index (χ2n) is 6.45. The van der Waals surface area contributed by atoms with Crippen molar-refractivity contribution >= 4 is 22.5 Å². The molecule has 26 heavy (non-hydrogen) atoms. The van der Waals surface area contributed by atoms with Crippen LogP contribution in [0.4, 0.5) is 5.69 Å². The third-order valence-electron chi connectivity index (χ3n) is 4.80. The first-order chi connectivity index (χ1) is 12.5. The monoisotopic (exact) mass is 350 g/mol. The minimum absolute atomic E-state index is 0.0635. The first-order valence-corrected chi connectivity index (χ1v) is 8.35. The summed E-state index contributed by atoms with van der Waals surface area (Å²) in [5.41, 5.74) is 1.47. The number of hydrogen-bond acceptors (Lipinski definition) is 4. The van der Waals surface area contributed by atoms with Crippen molar-refractivity contribution in [3.63, 3.8) is 0 Å². The van der Waals surface area contributed by atoms with Gasteiger partial charge in [0.1, 0.15) is 17.1 Å². The Balaban J connectivity index is 1.85. The quantitative estimate of drug-likeness (QED) is 0.761. The Bertz CT molecular complexity index is 1100. The normalized spacial score (nSPS) is 15.2. The van der Waals surface area contributed by atoms with Gasteiger partial charge in [0.25, 0.3) is 11.5 Å². The topological polar surface area (TPSA) is 80.6 Å². The van der Waals surface area contributed by atoms with Gasteiger partial charge in [0, 0.05) is 23.2 Å². The number of benzene rings is 2. The molecule has 1 aliphatic rings. The first-order valence-electron chi connectivity index (χ1n) is 8.35. The van der Waals surface area contributed by atoms with E-state index >= 15 is 0 Å². The van der Waals surface area contributed by atoms with Gasteiger partial charge >= 0.3 is 0 Å². The van der Waals surface area contributed by atoms with E-state index in [1.807, 2.05) is 19.1 Å². The molecular weight excluding hydrogens is 332 g/mol. The van der Waals surface area contributed by atoms with Gasteiger partial charge in [-0.05, 0) is 37.1 Å². The Labute approximate surface area is 149 Å². The molecule has 0 saturated heterocycles. The minimum Gasteiger partial charge on any atom is -0.506 e. The fourth-order valence-corrected chi connectivity index (χ4v) is 3.62. The van der Waals surface area contributed by atoms with Gasteiger partial charge in [-0.2, -0.15) is 0 Å². The van der Waals surface area contributed by atoms with Crippen LogP contribution in [0.5, 0.6) is 11.5 Å². The Morgan fingerprint density at radius 3 is 2.81 bits per heavy atom. The van der Waals surface area contributed by atoms with Crippen LogP contribution < -0.4 is 15.6 Å². The average Bonchev–Trinajstić information content (AvgIpc) is 2.97. The van der Waals surface area contributed by atoms with E-state index in [2.05, 4.69) is 5.32 Å². The zero-order valence-corrected chi connectivity index (χ0v) is 14.4. The molecule has 0 aliphatic carbocycles. The number of rotatable bonds is 3. The number of amides is 1. The van der Waals surface area contributed by atoms with Crippen molar-refractivity contribution in [1.82, 2.24) is 4.57 Å². The lowest BCUT2D eigenvalue weighted by atomic mass is 10.1. The fourth-order valence-electron chi connectivity index (χ4n) is 3.62. The summed E-state index contributed by atoms with van der Waals surface area (Å²) in [4.78, 5) is 25.7. The summed E-state index contributed by atoms with van der Waals surface area (Å²) in [6, 6.07) is 12.3. The van der Waals surface area contributed by atoms with Crippen molar-refractivity contribution in [3.05, 3.63) is 63.9 Å². The van der Waals surface area contributed by atoms with E-state index in [0.717, 1.165) is 5.56 Å². The predicted molar refractivity (Wildman–Crippen MR) is 99.2 cm³/mol. The van der Waals surface area contributed by atoms with Crippen molar-refractivity contribution in [2.24, 2.45) is 0 Å². The van der Waals surface area contributed by atoms with Crippen LogP contribution in [-0.2, 0) is 6.42 Å². The standard InChI is InChI=1S/C20H18N2O4/c1-11-9-12-5-3-8-15-17(12)22(11)20(25)16(18(15)23)19(24)21-13-6-4-7-14(10-13)26-2/h3-8,10-11,23H,9H2,1-2H3,(H,21,24)/t11-/m0/s1. The summed E-state index contributed by atoms with van der Waals surface area (Å²) in [5.74, 6) is -0.340. The second kappa shape index (κ2) is 5.91. The number of anilines is 1. The second-order valence-corrected chi connectivity index (χ2v) is 6.45. The van der Waals surface area contributed by atoms with Crippen LogP contribution in [0.15, 0.2) is 47.3 Å². The summed E-state index contributed by atoms with van der Waals surface area (Å²) >= 11 is 0. The molecule has 1 amide bonds. The van der Waals surface area contributed by atoms with Crippen LogP contribution in [0.3, 0.4) is 0 Å². The summed E-state index contributed by atoms with van der Waals surface area (Å²) < 4.78 is 6.74. The van der Waals surface area contributed by atoms with Crippen molar-refractivity contribution in [3.8, 4) is 11.5 Å². The van der Waals surface area contributed by atoms with Crippen LogP contribution in [0.25, 0.3) is 10.9 Å². The minimum atomic E-state index is -0.643. The van der Waals surface area contributed by atoms with Crippen molar-refractivity contribution in [2.75, 3.05) is 12.4 Å². The number of carbonyl (C=O) groups excluding carboxylic acids is 1. The highest BCUT2D eigenvalue weighted by Crippen LogP contribution is 2.36. The summed E-state index contributed by atoms with van der Waals surface area (Å²) in [7, 11) is 1.53. The molecule has 0 bridgehead atoms. The number of para-hydroxylation sites is 1. The molecule has 1 aromatic heterocycles. The third kappa shape index (κ3) is 2.34. The van der Waals surface area contributed by atoms with Gasteiger partial charge in [-0.15, -0.1) is 0 Å². The third-order valence-corrected chi connectivity index (χ3v) is 4.80. The molecule has 0 saturated carbocycles. The maximum atomic E-state index is 13.0. The van der Waals surface area contributed by atoms with E-state index in [1.165, 1.54) is 7.11 Å². The highest BCUT2D eigenvalue weighted by molar-refractivity contribution is 6.09. The van der Waals surface area contributed by atoms with Crippen LogP contribution in [0.1, 0.15) is 28.9 Å². The van der Waals surface area contributed by atoms with E-state index in [4.69, 9.17) is 4.74 Å². The molecule has 2 heterocycles. The van der Waals surface area contributed by atoms with Crippen molar-refractivity contribution in [1.29, 1.82) is 0 Å². The largest absolute Gasteiger partial charge is 0.506 e. The molecule has 0 unspecified atom stereocenters. The van der Waals surface area contributed by atoms with Crippen molar-refractivity contribution in [2.45, 2.75) is 19.4 Å². The van der Waals surface area contributed by atoms with Gasteiger partial charge in [0.2, 0.25) is 0 Å². The lowest BCUT2D eigenvalue weighted by Gasteiger charge is -2.14. The smallest absolute Gasteiger partial charge is 0.268 e. The average molecular weight is 350 g/mol. The summed E-state index contributed by atoms with van der Waals surface area (Å²) in [6.07, 6.45) is 0.701. The van der Waals surface area contributed by atoms with Gasteiger partial charge in [-0.25, -0.2) is 0 Å². The molecule has 0 fully saturated rings. The number of carbonyl (C=O) groups is 1. The molecule has 0 radical (unpaired) electrons. The molecule has 1 aliphatic heterocycles. The van der Waals surface area contributed by atoms with Crippen LogP contribution in [0, 0.1) is 0 Å². The van der Waals surface area contributed by atoms with E-state index in [0.29, 0.717) is 28.8 Å². The molecule has 132 valence electrons. The molecule has 6 heteroatoms. The number of nitrogens with one attached hydrogen (secondary N) is 1. The lowest BCUT2D eigenvalue weighted by Crippen LogP contribution is -2.30. The van der Waals surface area contributed by atoms with Gasteiger partial charge in [-0.1, -0.05) is 18.2 Å². The molecule has 2 N–H and O–H groups in total. The first kappa shape index (κ1) is 16.2. The molecule has 3 aromatic rings. The number of aromatic hydroxyl groups is 1. The van der Waals surface area contributed by atoms with E-state index in [-0.39, 0.29) is 17.4 Å². The highest BCUT2D eigenvalue weighted by Gasteiger charge is 2.29. The SMILES string of the molecule is COc1cccc(NC(=O)c2c(O)c3cccc4c3n(c2=O)[C@@H](C)C4)c1. The summed E-state index contributed by atoms with van der Waals surface area (Å²) in [5, 5.41) is 13.8. The number of aromatic nitrogens is 1. The van der Waals surface area contributed by atoms with E-state index < -0.39 is 11.5 Å². The number of methoxy groups -OCH3 is 1. The van der Waals surface area contributed by atoms with Gasteiger partial charge < -0.3 is 19.7 Å². The number of pyridine rings is 1. The molecule has 1 atom stereocenters. The fraction of sp³-hybridized carbons (Fsp3) is 0.200. The number of nitrogens with zero attached hydrogens (tertiary/aromatic N) is 1. The van der Waals surface area contributed by atoms with Gasteiger partial charge in [0.15, 0.2) is 0 Å². The van der Waals surface area contributed by atoms with Crippen LogP contribution in [-0.4, -0.2) is 22.7 Å². The van der Waals surface area contributed by atoms with Gasteiger partial charge in [0.05, 0.1) is 12.6 Å². The lowest BCUT2D eigenvalue weighted by molar-refractivity contribution is 0.102. The van der Waals surface area contributed by atoms with E-state index in [1.54, 1.807) is 34.9 Å². The predicted octanol–water partition coefficient (Wildman–Crippen LogP) is 3.09. The summed E-state index contributed by atoms with van der Waals surface area (Å²) in [6.45, 7) is 1.93. The van der Waals surface area contributed by atoms with E-state index in [9.17, 15) is 14.7 Å². The Kier molecular flexibility index (Phi) is 3.68. The Hall–Kier alpha value is -3.28. The Morgan fingerprint density at radius 2 is 2.04 bits per heavy atom. The zero-order valence-electron chi connectivity index (χ0n) is 14.4. The molecule has 0 spiro atoms. The van der Waals surface area contributed by atoms with Gasteiger partial charge in [-0.3, -0.25) is 9.59 Å². The Morgan fingerprint density at radius 1 is 1.27 bits per heavy atom.